The van der Waals surface area contributed by atoms with E-state index >= 15 is 0 Å². The number of halogens is 5. The molecule has 1 aliphatic rings. The van der Waals surface area contributed by atoms with Crippen LogP contribution in [0.15, 0.2) is 36.4 Å². The van der Waals surface area contributed by atoms with Gasteiger partial charge in [-0.05, 0) is 52.9 Å². The number of rotatable bonds is 3. The Hall–Kier alpha value is -2.11. The summed E-state index contributed by atoms with van der Waals surface area (Å²) >= 11 is 8.27. The molecule has 1 aliphatic heterocycles. The Labute approximate surface area is 200 Å². The van der Waals surface area contributed by atoms with Crippen LogP contribution in [0.1, 0.15) is 32.0 Å². The van der Waals surface area contributed by atoms with Crippen molar-refractivity contribution in [1.29, 1.82) is 0 Å². The number of benzene rings is 2. The second-order valence-electron chi connectivity index (χ2n) is 7.38. The van der Waals surface area contributed by atoms with Gasteiger partial charge in [0.05, 0.1) is 40.6 Å². The van der Waals surface area contributed by atoms with E-state index < -0.39 is 17.5 Å². The van der Waals surface area contributed by atoms with Crippen molar-refractivity contribution in [3.63, 3.8) is 0 Å². The van der Waals surface area contributed by atoms with Gasteiger partial charge in [0.15, 0.2) is 0 Å². The van der Waals surface area contributed by atoms with E-state index in [0.29, 0.717) is 40.8 Å². The molecule has 3 aromatic rings. The van der Waals surface area contributed by atoms with Crippen LogP contribution >= 0.6 is 34.2 Å². The minimum atomic E-state index is -4.49. The lowest BCUT2D eigenvalue weighted by atomic mass is 10.0. The number of aromatic nitrogens is 1. The number of hydrogen-bond acceptors (Lipinski definition) is 3. The molecule has 4 rings (SSSR count). The number of fused-ring (bicyclic) bond motifs is 1. The maximum absolute atomic E-state index is 13.4. The van der Waals surface area contributed by atoms with Crippen molar-refractivity contribution in [3.8, 4) is 0 Å². The van der Waals surface area contributed by atoms with Gasteiger partial charge in [-0.25, -0.2) is 0 Å². The lowest BCUT2D eigenvalue weighted by Gasteiger charge is -2.27. The van der Waals surface area contributed by atoms with Gasteiger partial charge < -0.3 is 14.2 Å². The van der Waals surface area contributed by atoms with Crippen molar-refractivity contribution in [2.45, 2.75) is 6.18 Å². The predicted octanol–water partition coefficient (Wildman–Crippen LogP) is 5.16. The number of ether oxygens (including phenoxy) is 1. The summed E-state index contributed by atoms with van der Waals surface area (Å²) in [6.45, 7) is 1.78. The van der Waals surface area contributed by atoms with Crippen LogP contribution in [0.25, 0.3) is 10.9 Å². The minimum Gasteiger partial charge on any atom is -0.378 e. The van der Waals surface area contributed by atoms with Crippen molar-refractivity contribution >= 4 is 56.8 Å². The van der Waals surface area contributed by atoms with Crippen LogP contribution < -0.4 is 0 Å². The number of aryl methyl sites for hydroxylation is 1. The van der Waals surface area contributed by atoms with Crippen molar-refractivity contribution in [2.75, 3.05) is 26.3 Å². The van der Waals surface area contributed by atoms with E-state index in [1.807, 2.05) is 22.6 Å². The molecule has 0 radical (unpaired) electrons. The van der Waals surface area contributed by atoms with Gasteiger partial charge in [-0.2, -0.15) is 13.2 Å². The Morgan fingerprint density at radius 3 is 2.44 bits per heavy atom. The Balaban J connectivity index is 1.77. The highest BCUT2D eigenvalue weighted by Crippen LogP contribution is 2.34. The molecular formula is C22H17ClF3IN2O3. The molecule has 0 N–H and O–H groups in total. The molecule has 5 nitrogen and oxygen atoms in total. The first-order valence-electron chi connectivity index (χ1n) is 9.66. The number of carbonyl (C=O) groups is 2. The molecule has 0 spiro atoms. The van der Waals surface area contributed by atoms with Gasteiger partial charge >= 0.3 is 6.18 Å². The Kier molecular flexibility index (Phi) is 6.25. The van der Waals surface area contributed by atoms with Gasteiger partial charge in [0, 0.05) is 34.6 Å². The van der Waals surface area contributed by atoms with Crippen molar-refractivity contribution < 1.29 is 27.5 Å². The van der Waals surface area contributed by atoms with Gasteiger partial charge in [-0.15, -0.1) is 0 Å². The normalized spacial score (nSPS) is 14.8. The molecule has 0 bridgehead atoms. The zero-order chi connectivity index (χ0) is 23.2. The molecule has 32 heavy (non-hydrogen) atoms. The van der Waals surface area contributed by atoms with Crippen LogP contribution in [0.2, 0.25) is 5.02 Å². The summed E-state index contributed by atoms with van der Waals surface area (Å²) in [6, 6.07) is 7.93. The zero-order valence-electron chi connectivity index (χ0n) is 16.8. The van der Waals surface area contributed by atoms with E-state index in [-0.39, 0.29) is 27.7 Å². The largest absolute Gasteiger partial charge is 0.416 e. The summed E-state index contributed by atoms with van der Waals surface area (Å²) in [6.07, 6.45) is -4.49. The molecule has 1 amide bonds. The standard InChI is InChI=1S/C22H17ClF3IN2O3/c1-28-16-11-13(22(24,25)26)3-2-12(16)10-17(28)20(30)18-15(23)5-4-14(19(18)27)21(31)29-6-8-32-9-7-29/h2-5,10-11H,6-9H2,1H3. The fourth-order valence-corrected chi connectivity index (χ4v) is 5.06. The first-order chi connectivity index (χ1) is 15.1. The van der Waals surface area contributed by atoms with Gasteiger partial charge in [0.1, 0.15) is 0 Å². The predicted molar refractivity (Wildman–Crippen MR) is 122 cm³/mol. The molecule has 168 valence electrons. The summed E-state index contributed by atoms with van der Waals surface area (Å²) in [4.78, 5) is 28.1. The molecule has 1 saturated heterocycles. The number of nitrogens with zero attached hydrogens (tertiary/aromatic N) is 2. The summed E-state index contributed by atoms with van der Waals surface area (Å²) in [5, 5.41) is 0.662. The maximum atomic E-state index is 13.4. The second kappa shape index (κ2) is 8.68. The van der Waals surface area contributed by atoms with Gasteiger partial charge in [-0.1, -0.05) is 17.7 Å². The van der Waals surface area contributed by atoms with E-state index in [0.717, 1.165) is 12.1 Å². The summed E-state index contributed by atoms with van der Waals surface area (Å²) in [5.41, 5.74) is 0.146. The highest BCUT2D eigenvalue weighted by molar-refractivity contribution is 14.1. The van der Waals surface area contributed by atoms with E-state index in [9.17, 15) is 22.8 Å². The monoisotopic (exact) mass is 576 g/mol. The van der Waals surface area contributed by atoms with Crippen LogP contribution in [-0.2, 0) is 18.0 Å². The van der Waals surface area contributed by atoms with Crippen LogP contribution in [0.5, 0.6) is 0 Å². The molecule has 0 atom stereocenters. The third kappa shape index (κ3) is 4.13. The number of alkyl halides is 3. The smallest absolute Gasteiger partial charge is 0.378 e. The van der Waals surface area contributed by atoms with E-state index in [1.165, 1.54) is 29.8 Å². The summed E-state index contributed by atoms with van der Waals surface area (Å²) in [7, 11) is 1.53. The molecular weight excluding hydrogens is 560 g/mol. The zero-order valence-corrected chi connectivity index (χ0v) is 19.7. The number of hydrogen-bond donors (Lipinski definition) is 0. The van der Waals surface area contributed by atoms with Crippen molar-refractivity contribution in [3.05, 3.63) is 67.4 Å². The SMILES string of the molecule is Cn1c(C(=O)c2c(Cl)ccc(C(=O)N3CCOCC3)c2I)cc2ccc(C(F)(F)F)cc21. The number of ketones is 1. The summed E-state index contributed by atoms with van der Waals surface area (Å²) in [5.74, 6) is -0.696. The Morgan fingerprint density at radius 2 is 1.78 bits per heavy atom. The molecule has 2 heterocycles. The molecule has 1 fully saturated rings. The molecule has 0 aliphatic carbocycles. The first kappa shape index (κ1) is 23.1. The average molecular weight is 577 g/mol. The fraction of sp³-hybridized carbons (Fsp3) is 0.273. The third-order valence-electron chi connectivity index (χ3n) is 5.45. The van der Waals surface area contributed by atoms with E-state index in [1.54, 1.807) is 11.0 Å². The van der Waals surface area contributed by atoms with Crippen molar-refractivity contribution in [1.82, 2.24) is 9.47 Å². The average Bonchev–Trinajstić information content (AvgIpc) is 3.09. The molecule has 10 heteroatoms. The highest BCUT2D eigenvalue weighted by Gasteiger charge is 2.31. The molecule has 0 unspecified atom stereocenters. The van der Waals surface area contributed by atoms with Crippen molar-refractivity contribution in [2.24, 2.45) is 7.05 Å². The maximum Gasteiger partial charge on any atom is 0.416 e. The number of morpholine rings is 1. The Bertz CT molecular complexity index is 1230. The van der Waals surface area contributed by atoms with Gasteiger partial charge in [0.2, 0.25) is 5.78 Å². The van der Waals surface area contributed by atoms with Crippen LogP contribution in [-0.4, -0.2) is 47.5 Å². The third-order valence-corrected chi connectivity index (χ3v) is 6.89. The van der Waals surface area contributed by atoms with Gasteiger partial charge in [-0.3, -0.25) is 9.59 Å². The summed E-state index contributed by atoms with van der Waals surface area (Å²) < 4.78 is 46.5. The highest BCUT2D eigenvalue weighted by atomic mass is 127. The second-order valence-corrected chi connectivity index (χ2v) is 8.86. The van der Waals surface area contributed by atoms with E-state index in [4.69, 9.17) is 16.3 Å². The lowest BCUT2D eigenvalue weighted by Crippen LogP contribution is -2.41. The number of amides is 1. The topological polar surface area (TPSA) is 51.5 Å². The quantitative estimate of drug-likeness (QED) is 0.320. The first-order valence-corrected chi connectivity index (χ1v) is 11.1. The van der Waals surface area contributed by atoms with Crippen LogP contribution in [0.3, 0.4) is 0 Å². The minimum absolute atomic E-state index is 0.147. The van der Waals surface area contributed by atoms with E-state index in [2.05, 4.69) is 0 Å². The molecule has 2 aromatic carbocycles. The fourth-order valence-electron chi connectivity index (χ4n) is 3.71. The number of carbonyl (C=O) groups excluding carboxylic acids is 2. The molecule has 0 saturated carbocycles. The van der Waals surface area contributed by atoms with Crippen LogP contribution in [0, 0.1) is 3.57 Å². The lowest BCUT2D eigenvalue weighted by molar-refractivity contribution is -0.137. The van der Waals surface area contributed by atoms with Gasteiger partial charge in [0.25, 0.3) is 5.91 Å². The van der Waals surface area contributed by atoms with Crippen LogP contribution in [0.4, 0.5) is 13.2 Å². The molecule has 1 aromatic heterocycles. The Morgan fingerprint density at radius 1 is 1.09 bits per heavy atom.